The predicted octanol–water partition coefficient (Wildman–Crippen LogP) is 1.88. The maximum absolute atomic E-state index is 12.4. The van der Waals surface area contributed by atoms with E-state index < -0.39 is 5.97 Å². The summed E-state index contributed by atoms with van der Waals surface area (Å²) in [5, 5.41) is 7.44. The minimum Gasteiger partial charge on any atom is -0.462 e. The van der Waals surface area contributed by atoms with Crippen LogP contribution in [0.3, 0.4) is 0 Å². The molecule has 126 valence electrons. The molecule has 0 saturated heterocycles. The number of ether oxygens (including phenoxy) is 1. The second-order valence-electron chi connectivity index (χ2n) is 5.12. The third-order valence-corrected chi connectivity index (χ3v) is 3.55. The number of rotatable bonds is 5. The molecule has 0 atom stereocenters. The van der Waals surface area contributed by atoms with E-state index in [0.29, 0.717) is 17.7 Å². The van der Waals surface area contributed by atoms with E-state index >= 15 is 0 Å². The number of hydrogen-bond acceptors (Lipinski definition) is 4. The predicted molar refractivity (Wildman–Crippen MR) is 94.6 cm³/mol. The number of nitrogens with zero attached hydrogens (tertiary/aromatic N) is 3. The zero-order valence-electron chi connectivity index (χ0n) is 14.0. The van der Waals surface area contributed by atoms with Crippen LogP contribution in [0.15, 0.2) is 40.5 Å². The fraction of sp³-hybridized carbons (Fsp3) is 0.235. The standard InChI is InChI=1S/C17H21N5O2/c1-4-24-16(23)15-12(3)22(13-8-6-5-7-9-13)11(2)14(15)10-20-21-17(18)19/h5-10H,4H2,1-3H3,(H4,18,19,21)/b20-10+. The van der Waals surface area contributed by atoms with E-state index in [9.17, 15) is 4.79 Å². The molecule has 0 aliphatic rings. The first-order valence-corrected chi connectivity index (χ1v) is 7.53. The molecule has 1 heterocycles. The van der Waals surface area contributed by atoms with E-state index in [1.807, 2.05) is 48.7 Å². The summed E-state index contributed by atoms with van der Waals surface area (Å²) in [6.07, 6.45) is 1.47. The number of carbonyl (C=O) groups is 1. The van der Waals surface area contributed by atoms with Crippen molar-refractivity contribution in [2.45, 2.75) is 20.8 Å². The van der Waals surface area contributed by atoms with Crippen LogP contribution in [0.5, 0.6) is 0 Å². The van der Waals surface area contributed by atoms with E-state index in [1.165, 1.54) is 6.21 Å². The van der Waals surface area contributed by atoms with Crippen molar-refractivity contribution in [1.29, 1.82) is 0 Å². The quantitative estimate of drug-likeness (QED) is 0.378. The van der Waals surface area contributed by atoms with Gasteiger partial charge >= 0.3 is 5.97 Å². The second-order valence-corrected chi connectivity index (χ2v) is 5.12. The minimum atomic E-state index is -0.404. The SMILES string of the molecule is CCOC(=O)c1c(/C=N/N=C(N)N)c(C)n(-c2ccccc2)c1C. The fourth-order valence-electron chi connectivity index (χ4n) is 2.60. The summed E-state index contributed by atoms with van der Waals surface area (Å²) < 4.78 is 7.16. The highest BCUT2D eigenvalue weighted by atomic mass is 16.5. The Bertz CT molecular complexity index is 787. The Balaban J connectivity index is 2.65. The Labute approximate surface area is 140 Å². The van der Waals surface area contributed by atoms with Gasteiger partial charge in [-0.1, -0.05) is 18.2 Å². The van der Waals surface area contributed by atoms with Crippen molar-refractivity contribution in [2.24, 2.45) is 21.7 Å². The van der Waals surface area contributed by atoms with E-state index in [0.717, 1.165) is 17.1 Å². The monoisotopic (exact) mass is 327 g/mol. The lowest BCUT2D eigenvalue weighted by Crippen LogP contribution is -2.21. The van der Waals surface area contributed by atoms with E-state index in [1.54, 1.807) is 6.92 Å². The van der Waals surface area contributed by atoms with Crippen LogP contribution in [0, 0.1) is 13.8 Å². The smallest absolute Gasteiger partial charge is 0.340 e. The van der Waals surface area contributed by atoms with E-state index in [4.69, 9.17) is 16.2 Å². The molecule has 4 N–H and O–H groups in total. The van der Waals surface area contributed by atoms with Gasteiger partial charge in [-0.05, 0) is 32.9 Å². The minimum absolute atomic E-state index is 0.152. The molecule has 0 amide bonds. The van der Waals surface area contributed by atoms with Crippen LogP contribution in [0.4, 0.5) is 0 Å². The lowest BCUT2D eigenvalue weighted by molar-refractivity contribution is 0.0525. The topological polar surface area (TPSA) is 108 Å². The van der Waals surface area contributed by atoms with E-state index in [-0.39, 0.29) is 5.96 Å². The van der Waals surface area contributed by atoms with Crippen molar-refractivity contribution in [3.8, 4) is 5.69 Å². The van der Waals surface area contributed by atoms with Crippen LogP contribution in [-0.4, -0.2) is 29.3 Å². The molecule has 0 fully saturated rings. The maximum Gasteiger partial charge on any atom is 0.340 e. The molecule has 1 aromatic carbocycles. The lowest BCUT2D eigenvalue weighted by atomic mass is 10.1. The number of esters is 1. The molecular weight excluding hydrogens is 306 g/mol. The Morgan fingerprint density at radius 3 is 2.46 bits per heavy atom. The molecule has 0 aliphatic carbocycles. The van der Waals surface area contributed by atoms with Crippen molar-refractivity contribution >= 4 is 18.1 Å². The van der Waals surface area contributed by atoms with Gasteiger partial charge in [-0.3, -0.25) is 0 Å². The number of guanidine groups is 1. The van der Waals surface area contributed by atoms with Crippen LogP contribution >= 0.6 is 0 Å². The maximum atomic E-state index is 12.4. The zero-order chi connectivity index (χ0) is 17.7. The van der Waals surface area contributed by atoms with E-state index in [2.05, 4.69) is 10.2 Å². The molecular formula is C17H21N5O2. The Kier molecular flexibility index (Phi) is 5.36. The molecule has 2 aromatic rings. The van der Waals surface area contributed by atoms with Gasteiger partial charge in [0.15, 0.2) is 0 Å². The molecule has 24 heavy (non-hydrogen) atoms. The van der Waals surface area contributed by atoms with Crippen LogP contribution in [0.1, 0.15) is 34.2 Å². The third kappa shape index (κ3) is 3.45. The molecule has 2 rings (SSSR count). The van der Waals surface area contributed by atoms with Gasteiger partial charge in [-0.2, -0.15) is 5.10 Å². The number of nitrogens with two attached hydrogens (primary N) is 2. The van der Waals surface area contributed by atoms with Gasteiger partial charge in [0.25, 0.3) is 0 Å². The highest BCUT2D eigenvalue weighted by Crippen LogP contribution is 2.26. The largest absolute Gasteiger partial charge is 0.462 e. The zero-order valence-corrected chi connectivity index (χ0v) is 14.0. The summed E-state index contributed by atoms with van der Waals surface area (Å²) >= 11 is 0. The van der Waals surface area contributed by atoms with Crippen LogP contribution in [-0.2, 0) is 4.74 Å². The number of aromatic nitrogens is 1. The molecule has 0 spiro atoms. The molecule has 1 aromatic heterocycles. The average Bonchev–Trinajstić information content (AvgIpc) is 2.79. The summed E-state index contributed by atoms with van der Waals surface area (Å²) in [5.41, 5.74) is 14.2. The van der Waals surface area contributed by atoms with Gasteiger partial charge in [0, 0.05) is 22.6 Å². The van der Waals surface area contributed by atoms with Crippen molar-refractivity contribution < 1.29 is 9.53 Å². The number of benzene rings is 1. The Morgan fingerprint density at radius 1 is 1.21 bits per heavy atom. The van der Waals surface area contributed by atoms with Crippen molar-refractivity contribution in [3.05, 3.63) is 52.8 Å². The normalized spacial score (nSPS) is 10.8. The summed E-state index contributed by atoms with van der Waals surface area (Å²) in [6.45, 7) is 5.82. The van der Waals surface area contributed by atoms with Crippen molar-refractivity contribution in [1.82, 2.24) is 4.57 Å². The van der Waals surface area contributed by atoms with Crippen molar-refractivity contribution in [2.75, 3.05) is 6.61 Å². The molecule has 0 bridgehead atoms. The molecule has 7 heteroatoms. The summed E-state index contributed by atoms with van der Waals surface area (Å²) in [6, 6.07) is 9.74. The summed E-state index contributed by atoms with van der Waals surface area (Å²) in [4.78, 5) is 12.4. The van der Waals surface area contributed by atoms with Gasteiger partial charge in [-0.15, -0.1) is 5.10 Å². The summed E-state index contributed by atoms with van der Waals surface area (Å²) in [5.74, 6) is -0.556. The number of hydrogen-bond donors (Lipinski definition) is 2. The molecule has 7 nitrogen and oxygen atoms in total. The van der Waals surface area contributed by atoms with Gasteiger partial charge < -0.3 is 20.8 Å². The molecule has 0 radical (unpaired) electrons. The molecule has 0 aliphatic heterocycles. The van der Waals surface area contributed by atoms with Gasteiger partial charge in [0.05, 0.1) is 18.4 Å². The average molecular weight is 327 g/mol. The fourth-order valence-corrected chi connectivity index (χ4v) is 2.60. The first-order chi connectivity index (χ1) is 11.5. The number of carbonyl (C=O) groups excluding carboxylic acids is 1. The third-order valence-electron chi connectivity index (χ3n) is 3.55. The van der Waals surface area contributed by atoms with Crippen LogP contribution in [0.25, 0.3) is 5.69 Å². The Morgan fingerprint density at radius 2 is 1.88 bits per heavy atom. The van der Waals surface area contributed by atoms with Crippen LogP contribution in [0.2, 0.25) is 0 Å². The van der Waals surface area contributed by atoms with Gasteiger partial charge in [-0.25, -0.2) is 4.79 Å². The highest BCUT2D eigenvalue weighted by molar-refractivity contribution is 6.02. The molecule has 0 unspecified atom stereocenters. The number of para-hydroxylation sites is 1. The molecule has 0 saturated carbocycles. The highest BCUT2D eigenvalue weighted by Gasteiger charge is 2.23. The first-order valence-electron chi connectivity index (χ1n) is 7.53. The van der Waals surface area contributed by atoms with Crippen molar-refractivity contribution in [3.63, 3.8) is 0 Å². The van der Waals surface area contributed by atoms with Gasteiger partial charge in [0.2, 0.25) is 5.96 Å². The van der Waals surface area contributed by atoms with Crippen LogP contribution < -0.4 is 11.5 Å². The Hall–Kier alpha value is -3.09. The first kappa shape index (κ1) is 17.3. The lowest BCUT2D eigenvalue weighted by Gasteiger charge is -2.09. The second kappa shape index (κ2) is 7.45. The summed E-state index contributed by atoms with van der Waals surface area (Å²) in [7, 11) is 0. The van der Waals surface area contributed by atoms with Gasteiger partial charge in [0.1, 0.15) is 0 Å².